The van der Waals surface area contributed by atoms with Crippen LogP contribution in [0.2, 0.25) is 0 Å². The van der Waals surface area contributed by atoms with Crippen LogP contribution >= 0.6 is 0 Å². The summed E-state index contributed by atoms with van der Waals surface area (Å²) < 4.78 is 0. The van der Waals surface area contributed by atoms with Crippen LogP contribution in [0.3, 0.4) is 0 Å². The molecule has 0 fully saturated rings. The highest BCUT2D eigenvalue weighted by Crippen LogP contribution is 2.19. The number of hydrogen-bond acceptors (Lipinski definition) is 3. The van der Waals surface area contributed by atoms with Gasteiger partial charge in [-0.15, -0.1) is 0 Å². The molecule has 0 saturated heterocycles. The summed E-state index contributed by atoms with van der Waals surface area (Å²) in [5.74, 6) is -0.622. The molecule has 0 aromatic heterocycles. The highest BCUT2D eigenvalue weighted by molar-refractivity contribution is 5.82. The van der Waals surface area contributed by atoms with Crippen molar-refractivity contribution in [3.63, 3.8) is 0 Å². The third-order valence-electron chi connectivity index (χ3n) is 3.32. The van der Waals surface area contributed by atoms with E-state index in [0.29, 0.717) is 18.9 Å². The van der Waals surface area contributed by atoms with Crippen LogP contribution in [0, 0.1) is 5.92 Å². The number of carboxylic acid groups (broad SMARTS) is 1. The molecule has 0 heterocycles. The van der Waals surface area contributed by atoms with Crippen molar-refractivity contribution < 1.29 is 14.7 Å². The zero-order chi connectivity index (χ0) is 15.1. The van der Waals surface area contributed by atoms with E-state index in [9.17, 15) is 9.59 Å². The number of rotatable bonds is 8. The lowest BCUT2D eigenvalue weighted by Gasteiger charge is -2.34. The predicted octanol–water partition coefficient (Wildman–Crippen LogP) is 1.85. The van der Waals surface area contributed by atoms with E-state index < -0.39 is 11.5 Å². The highest BCUT2D eigenvalue weighted by Gasteiger charge is 2.28. The minimum Gasteiger partial charge on any atom is -0.480 e. The minimum absolute atomic E-state index is 0.0922. The molecule has 0 bridgehead atoms. The van der Waals surface area contributed by atoms with Gasteiger partial charge in [0.15, 0.2) is 0 Å². The van der Waals surface area contributed by atoms with Crippen LogP contribution < -0.4 is 5.73 Å². The van der Waals surface area contributed by atoms with Crippen LogP contribution in [0.1, 0.15) is 53.4 Å². The fraction of sp³-hybridized carbons (Fsp3) is 0.857. The molecule has 0 rings (SSSR count). The molecule has 0 aliphatic heterocycles. The molecular weight excluding hydrogens is 244 g/mol. The molecule has 0 aliphatic rings. The molecule has 0 aliphatic carbocycles. The summed E-state index contributed by atoms with van der Waals surface area (Å²) in [4.78, 5) is 24.5. The first kappa shape index (κ1) is 17.9. The summed E-state index contributed by atoms with van der Waals surface area (Å²) in [6.45, 7) is 8.03. The van der Waals surface area contributed by atoms with Crippen molar-refractivity contribution in [1.82, 2.24) is 4.90 Å². The van der Waals surface area contributed by atoms with Gasteiger partial charge in [-0.3, -0.25) is 9.59 Å². The van der Waals surface area contributed by atoms with Crippen molar-refractivity contribution >= 4 is 11.9 Å². The predicted molar refractivity (Wildman–Crippen MR) is 75.8 cm³/mol. The number of amides is 1. The SMILES string of the molecule is CCC(CCN)CCC(=O)N(CC(=O)O)C(C)(C)C. The van der Waals surface area contributed by atoms with Gasteiger partial charge in [0, 0.05) is 12.0 Å². The molecule has 19 heavy (non-hydrogen) atoms. The maximum absolute atomic E-state index is 12.2. The summed E-state index contributed by atoms with van der Waals surface area (Å²) in [6.07, 6.45) is 3.08. The fourth-order valence-corrected chi connectivity index (χ4v) is 2.09. The molecule has 5 nitrogen and oxygen atoms in total. The molecule has 0 saturated carbocycles. The first-order chi connectivity index (χ1) is 8.72. The zero-order valence-corrected chi connectivity index (χ0v) is 12.6. The first-order valence-corrected chi connectivity index (χ1v) is 6.94. The Labute approximate surface area is 116 Å². The lowest BCUT2D eigenvalue weighted by molar-refractivity contribution is -0.148. The molecule has 0 aromatic carbocycles. The first-order valence-electron chi connectivity index (χ1n) is 6.94. The number of carbonyl (C=O) groups excluding carboxylic acids is 1. The van der Waals surface area contributed by atoms with Crippen LogP contribution in [0.4, 0.5) is 0 Å². The van der Waals surface area contributed by atoms with Gasteiger partial charge >= 0.3 is 5.97 Å². The van der Waals surface area contributed by atoms with Crippen molar-refractivity contribution in [2.24, 2.45) is 11.7 Å². The second-order valence-electron chi connectivity index (χ2n) is 5.93. The largest absolute Gasteiger partial charge is 0.480 e. The van der Waals surface area contributed by atoms with Crippen LogP contribution in [0.5, 0.6) is 0 Å². The van der Waals surface area contributed by atoms with E-state index in [4.69, 9.17) is 10.8 Å². The molecule has 0 aromatic rings. The molecule has 0 radical (unpaired) electrons. The summed E-state index contributed by atoms with van der Waals surface area (Å²) >= 11 is 0. The Morgan fingerprint density at radius 2 is 1.84 bits per heavy atom. The molecule has 1 unspecified atom stereocenters. The van der Waals surface area contributed by atoms with Gasteiger partial charge in [0.1, 0.15) is 6.54 Å². The van der Waals surface area contributed by atoms with Crippen LogP contribution in [0.15, 0.2) is 0 Å². The van der Waals surface area contributed by atoms with Crippen molar-refractivity contribution in [2.75, 3.05) is 13.1 Å². The van der Waals surface area contributed by atoms with E-state index in [-0.39, 0.29) is 12.5 Å². The molecule has 3 N–H and O–H groups in total. The Morgan fingerprint density at radius 1 is 1.26 bits per heavy atom. The number of nitrogens with two attached hydrogens (primary N) is 1. The fourth-order valence-electron chi connectivity index (χ4n) is 2.09. The normalized spacial score (nSPS) is 13.1. The van der Waals surface area contributed by atoms with E-state index in [1.807, 2.05) is 20.8 Å². The second-order valence-corrected chi connectivity index (χ2v) is 5.93. The number of nitrogens with zero attached hydrogens (tertiary/aromatic N) is 1. The van der Waals surface area contributed by atoms with Crippen molar-refractivity contribution in [3.05, 3.63) is 0 Å². The molecule has 1 atom stereocenters. The highest BCUT2D eigenvalue weighted by atomic mass is 16.4. The molecule has 112 valence electrons. The van der Waals surface area contributed by atoms with E-state index in [1.54, 1.807) is 0 Å². The summed E-state index contributed by atoms with van der Waals surface area (Å²) in [5, 5.41) is 8.89. The van der Waals surface area contributed by atoms with Crippen LogP contribution in [-0.4, -0.2) is 40.5 Å². The van der Waals surface area contributed by atoms with Crippen molar-refractivity contribution in [1.29, 1.82) is 0 Å². The van der Waals surface area contributed by atoms with Crippen LogP contribution in [-0.2, 0) is 9.59 Å². The van der Waals surface area contributed by atoms with Gasteiger partial charge in [0.2, 0.25) is 5.91 Å². The topological polar surface area (TPSA) is 83.6 Å². The Morgan fingerprint density at radius 3 is 2.21 bits per heavy atom. The molecular formula is C14H28N2O3. The summed E-state index contributed by atoms with van der Waals surface area (Å²) in [6, 6.07) is 0. The smallest absolute Gasteiger partial charge is 0.323 e. The Bertz CT molecular complexity index is 298. The number of aliphatic carboxylic acids is 1. The lowest BCUT2D eigenvalue weighted by Crippen LogP contribution is -2.48. The van der Waals surface area contributed by atoms with Gasteiger partial charge < -0.3 is 15.7 Å². The monoisotopic (exact) mass is 272 g/mol. The maximum atomic E-state index is 12.2. The Kier molecular flexibility index (Phi) is 7.68. The van der Waals surface area contributed by atoms with Gasteiger partial charge in [-0.1, -0.05) is 13.3 Å². The molecule has 1 amide bonds. The Balaban J connectivity index is 4.52. The number of carboxylic acids is 1. The zero-order valence-electron chi connectivity index (χ0n) is 12.6. The average molecular weight is 272 g/mol. The van der Waals surface area contributed by atoms with Gasteiger partial charge in [-0.2, -0.15) is 0 Å². The van der Waals surface area contributed by atoms with E-state index >= 15 is 0 Å². The molecule has 5 heteroatoms. The van der Waals surface area contributed by atoms with Crippen molar-refractivity contribution in [3.8, 4) is 0 Å². The van der Waals surface area contributed by atoms with Crippen LogP contribution in [0.25, 0.3) is 0 Å². The van der Waals surface area contributed by atoms with Gasteiger partial charge in [0.25, 0.3) is 0 Å². The van der Waals surface area contributed by atoms with E-state index in [1.165, 1.54) is 4.90 Å². The average Bonchev–Trinajstić information content (AvgIpc) is 2.29. The summed E-state index contributed by atoms with van der Waals surface area (Å²) in [7, 11) is 0. The van der Waals surface area contributed by atoms with E-state index in [0.717, 1.165) is 19.3 Å². The third kappa shape index (κ3) is 7.15. The second kappa shape index (κ2) is 8.15. The minimum atomic E-state index is -0.975. The lowest BCUT2D eigenvalue weighted by atomic mass is 9.95. The molecule has 0 spiro atoms. The van der Waals surface area contributed by atoms with Gasteiger partial charge in [-0.05, 0) is 46.1 Å². The quantitative estimate of drug-likeness (QED) is 0.706. The van der Waals surface area contributed by atoms with Crippen molar-refractivity contribution in [2.45, 2.75) is 58.9 Å². The third-order valence-corrected chi connectivity index (χ3v) is 3.32. The van der Waals surface area contributed by atoms with E-state index in [2.05, 4.69) is 6.92 Å². The summed E-state index contributed by atoms with van der Waals surface area (Å²) in [5.41, 5.74) is 5.07. The number of hydrogen-bond donors (Lipinski definition) is 2. The number of carbonyl (C=O) groups is 2. The van der Waals surface area contributed by atoms with Gasteiger partial charge in [0.05, 0.1) is 0 Å². The Hall–Kier alpha value is -1.10. The van der Waals surface area contributed by atoms with Gasteiger partial charge in [-0.25, -0.2) is 0 Å². The standard InChI is InChI=1S/C14H28N2O3/c1-5-11(8-9-15)6-7-12(17)16(10-13(18)19)14(2,3)4/h11H,5-10,15H2,1-4H3,(H,18,19). The maximum Gasteiger partial charge on any atom is 0.323 e.